The molecule has 1 unspecified atom stereocenters. The molecule has 1 N–H and O–H groups in total. The molecule has 2 aromatic rings. The molecule has 1 fully saturated rings. The summed E-state index contributed by atoms with van der Waals surface area (Å²) in [5.41, 5.74) is 1.41. The number of amides is 1. The van der Waals surface area contributed by atoms with Crippen molar-refractivity contribution in [1.29, 1.82) is 0 Å². The first-order chi connectivity index (χ1) is 13.2. The lowest BCUT2D eigenvalue weighted by Gasteiger charge is -2.24. The Labute approximate surface area is 172 Å². The molecule has 7 heteroatoms. The highest BCUT2D eigenvalue weighted by atomic mass is 35.5. The van der Waals surface area contributed by atoms with Crippen LogP contribution in [-0.2, 0) is 6.54 Å². The van der Waals surface area contributed by atoms with Crippen molar-refractivity contribution in [3.63, 3.8) is 0 Å². The van der Waals surface area contributed by atoms with E-state index in [0.29, 0.717) is 24.8 Å². The molecule has 5 nitrogen and oxygen atoms in total. The van der Waals surface area contributed by atoms with Gasteiger partial charge in [0.25, 0.3) is 5.91 Å². The van der Waals surface area contributed by atoms with Crippen LogP contribution in [0.3, 0.4) is 0 Å². The molecule has 1 aliphatic heterocycles. The number of hydrogen-bond donors (Lipinski definition) is 1. The molecule has 0 saturated carbocycles. The normalized spacial score (nSPS) is 16.4. The van der Waals surface area contributed by atoms with E-state index in [0.717, 1.165) is 50.8 Å². The number of nitrogens with one attached hydrogen (secondary N) is 1. The monoisotopic (exact) mass is 408 g/mol. The highest BCUT2D eigenvalue weighted by molar-refractivity contribution is 5.92. The average molecular weight is 409 g/mol. The predicted molar refractivity (Wildman–Crippen MR) is 111 cm³/mol. The third kappa shape index (κ3) is 6.04. The largest absolute Gasteiger partial charge is 0.333 e. The fourth-order valence-electron chi connectivity index (χ4n) is 3.49. The van der Waals surface area contributed by atoms with Gasteiger partial charge in [0, 0.05) is 25.8 Å². The second-order valence-corrected chi connectivity index (χ2v) is 7.24. The van der Waals surface area contributed by atoms with Gasteiger partial charge in [-0.15, -0.1) is 12.4 Å². The van der Waals surface area contributed by atoms with Gasteiger partial charge in [-0.1, -0.05) is 31.9 Å². The van der Waals surface area contributed by atoms with Crippen molar-refractivity contribution in [3.8, 4) is 0 Å². The summed E-state index contributed by atoms with van der Waals surface area (Å²) in [4.78, 5) is 14.9. The van der Waals surface area contributed by atoms with Crippen LogP contribution in [-0.4, -0.2) is 40.2 Å². The number of unbranched alkanes of at least 4 members (excludes halogenated alkanes) is 2. The SMILES string of the molecule is CCCCCN(Cc1ccc(F)cc1)C(=O)c1ccn(C2CCCNC2)n1.Cl. The summed E-state index contributed by atoms with van der Waals surface area (Å²) in [6.07, 6.45) is 7.25. The molecule has 3 rings (SSSR count). The van der Waals surface area contributed by atoms with Crippen LogP contribution < -0.4 is 5.32 Å². The van der Waals surface area contributed by atoms with Crippen LogP contribution in [0.1, 0.15) is 61.1 Å². The molecule has 2 heterocycles. The van der Waals surface area contributed by atoms with Gasteiger partial charge in [-0.05, 0) is 49.6 Å². The van der Waals surface area contributed by atoms with Crippen LogP contribution >= 0.6 is 12.4 Å². The van der Waals surface area contributed by atoms with Crippen LogP contribution in [0, 0.1) is 5.82 Å². The van der Waals surface area contributed by atoms with Gasteiger partial charge in [0.2, 0.25) is 0 Å². The molecule has 1 aromatic heterocycles. The van der Waals surface area contributed by atoms with Crippen molar-refractivity contribution < 1.29 is 9.18 Å². The Kier molecular flexibility index (Phi) is 8.93. The van der Waals surface area contributed by atoms with Gasteiger partial charge in [0.1, 0.15) is 11.5 Å². The number of aromatic nitrogens is 2. The van der Waals surface area contributed by atoms with Crippen molar-refractivity contribution in [2.75, 3.05) is 19.6 Å². The van der Waals surface area contributed by atoms with Crippen LogP contribution in [0.2, 0.25) is 0 Å². The van der Waals surface area contributed by atoms with E-state index in [1.165, 1.54) is 12.1 Å². The zero-order valence-electron chi connectivity index (χ0n) is 16.4. The molecule has 0 radical (unpaired) electrons. The summed E-state index contributed by atoms with van der Waals surface area (Å²) < 4.78 is 15.1. The van der Waals surface area contributed by atoms with Crippen LogP contribution in [0.5, 0.6) is 0 Å². The summed E-state index contributed by atoms with van der Waals surface area (Å²) in [5, 5.41) is 7.94. The lowest BCUT2D eigenvalue weighted by atomic mass is 10.1. The van der Waals surface area contributed by atoms with Crippen molar-refractivity contribution in [3.05, 3.63) is 53.6 Å². The summed E-state index contributed by atoms with van der Waals surface area (Å²) in [6.45, 7) is 5.24. The Morgan fingerprint density at radius 2 is 2.07 bits per heavy atom. The summed E-state index contributed by atoms with van der Waals surface area (Å²) in [6, 6.07) is 8.48. The van der Waals surface area contributed by atoms with Crippen molar-refractivity contribution in [1.82, 2.24) is 20.0 Å². The van der Waals surface area contributed by atoms with Crippen molar-refractivity contribution in [2.45, 2.75) is 51.6 Å². The third-order valence-electron chi connectivity index (χ3n) is 5.08. The fraction of sp³-hybridized carbons (Fsp3) is 0.524. The number of carbonyl (C=O) groups is 1. The Balaban J connectivity index is 0.00000280. The van der Waals surface area contributed by atoms with E-state index in [1.54, 1.807) is 12.1 Å². The zero-order chi connectivity index (χ0) is 19.1. The van der Waals surface area contributed by atoms with E-state index in [-0.39, 0.29) is 24.1 Å². The maximum Gasteiger partial charge on any atom is 0.274 e. The van der Waals surface area contributed by atoms with E-state index in [9.17, 15) is 9.18 Å². The van der Waals surface area contributed by atoms with Gasteiger partial charge in [-0.2, -0.15) is 5.10 Å². The first-order valence-electron chi connectivity index (χ1n) is 9.97. The molecule has 0 bridgehead atoms. The number of halogens is 2. The third-order valence-corrected chi connectivity index (χ3v) is 5.08. The average Bonchev–Trinajstić information content (AvgIpc) is 3.19. The van der Waals surface area contributed by atoms with Gasteiger partial charge in [-0.25, -0.2) is 4.39 Å². The molecular formula is C21H30ClFN4O. The number of rotatable bonds is 8. The van der Waals surface area contributed by atoms with E-state index < -0.39 is 0 Å². The molecule has 0 aliphatic carbocycles. The highest BCUT2D eigenvalue weighted by Gasteiger charge is 2.21. The Morgan fingerprint density at radius 1 is 1.29 bits per heavy atom. The summed E-state index contributed by atoms with van der Waals surface area (Å²) >= 11 is 0. The standard InChI is InChI=1S/C21H29FN4O.ClH/c1-2-3-4-13-25(16-17-7-9-18(22)10-8-17)21(27)20-11-14-26(24-20)19-6-5-12-23-15-19;/h7-11,14,19,23H,2-6,12-13,15-16H2,1H3;1H. The molecule has 0 spiro atoms. The predicted octanol–water partition coefficient (Wildman–Crippen LogP) is 4.20. The Bertz CT molecular complexity index is 728. The van der Waals surface area contributed by atoms with Crippen LogP contribution in [0.25, 0.3) is 0 Å². The van der Waals surface area contributed by atoms with Gasteiger partial charge < -0.3 is 10.2 Å². The topological polar surface area (TPSA) is 50.2 Å². The van der Waals surface area contributed by atoms with E-state index in [1.807, 2.05) is 21.8 Å². The molecule has 1 aromatic carbocycles. The smallest absolute Gasteiger partial charge is 0.274 e. The highest BCUT2D eigenvalue weighted by Crippen LogP contribution is 2.17. The molecule has 1 atom stereocenters. The van der Waals surface area contributed by atoms with Gasteiger partial charge in [0.05, 0.1) is 6.04 Å². The fourth-order valence-corrected chi connectivity index (χ4v) is 3.49. The lowest BCUT2D eigenvalue weighted by Crippen LogP contribution is -2.33. The minimum absolute atomic E-state index is 0. The van der Waals surface area contributed by atoms with E-state index >= 15 is 0 Å². The molecule has 28 heavy (non-hydrogen) atoms. The lowest BCUT2D eigenvalue weighted by molar-refractivity contribution is 0.0732. The van der Waals surface area contributed by atoms with Gasteiger partial charge in [0.15, 0.2) is 0 Å². The number of carbonyl (C=O) groups excluding carboxylic acids is 1. The molecule has 1 aliphatic rings. The molecule has 1 saturated heterocycles. The number of nitrogens with zero attached hydrogens (tertiary/aromatic N) is 3. The second-order valence-electron chi connectivity index (χ2n) is 7.24. The molecule has 154 valence electrons. The Morgan fingerprint density at radius 3 is 2.75 bits per heavy atom. The van der Waals surface area contributed by atoms with E-state index in [2.05, 4.69) is 17.3 Å². The summed E-state index contributed by atoms with van der Waals surface area (Å²) in [7, 11) is 0. The zero-order valence-corrected chi connectivity index (χ0v) is 17.3. The van der Waals surface area contributed by atoms with Gasteiger partial charge in [-0.3, -0.25) is 9.48 Å². The van der Waals surface area contributed by atoms with Gasteiger partial charge >= 0.3 is 0 Å². The number of piperidine rings is 1. The van der Waals surface area contributed by atoms with Crippen molar-refractivity contribution in [2.24, 2.45) is 0 Å². The Hall–Kier alpha value is -1.92. The van der Waals surface area contributed by atoms with Crippen molar-refractivity contribution >= 4 is 18.3 Å². The second kappa shape index (κ2) is 11.2. The van der Waals surface area contributed by atoms with E-state index in [4.69, 9.17) is 0 Å². The van der Waals surface area contributed by atoms with Crippen LogP contribution in [0.15, 0.2) is 36.5 Å². The first-order valence-corrected chi connectivity index (χ1v) is 9.97. The quantitative estimate of drug-likeness (QED) is 0.666. The maximum absolute atomic E-state index is 13.2. The number of benzene rings is 1. The minimum atomic E-state index is -0.262. The first kappa shape index (κ1) is 22.4. The molecule has 1 amide bonds. The number of hydrogen-bond acceptors (Lipinski definition) is 3. The summed E-state index contributed by atoms with van der Waals surface area (Å²) in [5.74, 6) is -0.319. The maximum atomic E-state index is 13.2. The molecular weight excluding hydrogens is 379 g/mol. The minimum Gasteiger partial charge on any atom is -0.333 e. The van der Waals surface area contributed by atoms with Crippen LogP contribution in [0.4, 0.5) is 4.39 Å².